The Morgan fingerprint density at radius 1 is 1.18 bits per heavy atom. The molecule has 1 rings (SSSR count). The van der Waals surface area contributed by atoms with Crippen molar-refractivity contribution in [2.24, 2.45) is 0 Å². The van der Waals surface area contributed by atoms with E-state index in [0.717, 1.165) is 18.0 Å². The first-order valence-electron chi connectivity index (χ1n) is 6.15. The van der Waals surface area contributed by atoms with Gasteiger partial charge < -0.3 is 14.8 Å². The second-order valence-corrected chi connectivity index (χ2v) is 4.26. The van der Waals surface area contributed by atoms with Crippen LogP contribution in [0.3, 0.4) is 0 Å². The largest absolute Gasteiger partial charge is 0.493 e. The van der Waals surface area contributed by atoms with Gasteiger partial charge in [-0.1, -0.05) is 19.4 Å². The predicted octanol–water partition coefficient (Wildman–Crippen LogP) is 2.98. The number of nitrogens with one attached hydrogen (secondary N) is 1. The van der Waals surface area contributed by atoms with Gasteiger partial charge in [-0.25, -0.2) is 0 Å². The van der Waals surface area contributed by atoms with Crippen molar-refractivity contribution in [3.05, 3.63) is 23.8 Å². The Kier molecular flexibility index (Phi) is 5.84. The maximum absolute atomic E-state index is 5.28. The zero-order chi connectivity index (χ0) is 12.7. The summed E-state index contributed by atoms with van der Waals surface area (Å²) in [4.78, 5) is 0. The average molecular weight is 237 g/mol. The van der Waals surface area contributed by atoms with Gasteiger partial charge in [-0.15, -0.1) is 0 Å². The number of benzene rings is 1. The molecule has 0 radical (unpaired) electrons. The molecule has 1 aromatic carbocycles. The molecule has 1 N–H and O–H groups in total. The molecule has 0 bridgehead atoms. The third kappa shape index (κ3) is 4.27. The van der Waals surface area contributed by atoms with Crippen molar-refractivity contribution in [2.45, 2.75) is 39.3 Å². The van der Waals surface area contributed by atoms with Crippen LogP contribution in [0.15, 0.2) is 18.2 Å². The van der Waals surface area contributed by atoms with Gasteiger partial charge in [0.25, 0.3) is 0 Å². The Hall–Kier alpha value is -1.22. The third-order valence-corrected chi connectivity index (χ3v) is 2.82. The van der Waals surface area contributed by atoms with Crippen molar-refractivity contribution in [2.75, 3.05) is 14.2 Å². The molecule has 0 aliphatic heterocycles. The molecule has 0 aliphatic rings. The summed E-state index contributed by atoms with van der Waals surface area (Å²) < 4.78 is 10.5. The van der Waals surface area contributed by atoms with Crippen LogP contribution in [0.5, 0.6) is 11.5 Å². The Morgan fingerprint density at radius 2 is 1.88 bits per heavy atom. The maximum Gasteiger partial charge on any atom is 0.161 e. The zero-order valence-electron chi connectivity index (χ0n) is 11.2. The van der Waals surface area contributed by atoms with Gasteiger partial charge in [-0.2, -0.15) is 0 Å². The first-order chi connectivity index (χ1) is 8.21. The van der Waals surface area contributed by atoms with E-state index in [9.17, 15) is 0 Å². The van der Waals surface area contributed by atoms with E-state index in [-0.39, 0.29) is 0 Å². The van der Waals surface area contributed by atoms with Gasteiger partial charge in [0.2, 0.25) is 0 Å². The standard InChI is InChI=1S/C14H23NO2/c1-5-6-11(2)15-10-12-7-8-13(16-3)14(9-12)17-4/h7-9,11,15H,5-6,10H2,1-4H3. The topological polar surface area (TPSA) is 30.5 Å². The second kappa shape index (κ2) is 7.17. The van der Waals surface area contributed by atoms with Crippen molar-refractivity contribution < 1.29 is 9.47 Å². The normalized spacial score (nSPS) is 12.2. The van der Waals surface area contributed by atoms with Gasteiger partial charge in [0, 0.05) is 12.6 Å². The molecule has 0 aliphatic carbocycles. The fraction of sp³-hybridized carbons (Fsp3) is 0.571. The van der Waals surface area contributed by atoms with Crippen molar-refractivity contribution in [1.29, 1.82) is 0 Å². The van der Waals surface area contributed by atoms with Gasteiger partial charge >= 0.3 is 0 Å². The molecule has 0 aromatic heterocycles. The molecule has 1 unspecified atom stereocenters. The number of hydrogen-bond donors (Lipinski definition) is 1. The van der Waals surface area contributed by atoms with Crippen LogP contribution in [0.4, 0.5) is 0 Å². The highest BCUT2D eigenvalue weighted by atomic mass is 16.5. The van der Waals surface area contributed by atoms with Crippen LogP contribution >= 0.6 is 0 Å². The maximum atomic E-state index is 5.28. The van der Waals surface area contributed by atoms with Crippen LogP contribution in [0.2, 0.25) is 0 Å². The highest BCUT2D eigenvalue weighted by Gasteiger charge is 2.05. The van der Waals surface area contributed by atoms with Crippen molar-refractivity contribution in [3.8, 4) is 11.5 Å². The summed E-state index contributed by atoms with van der Waals surface area (Å²) >= 11 is 0. The fourth-order valence-corrected chi connectivity index (χ4v) is 1.82. The van der Waals surface area contributed by atoms with Gasteiger partial charge in [0.05, 0.1) is 14.2 Å². The highest BCUT2D eigenvalue weighted by Crippen LogP contribution is 2.27. The Labute approximate surface area is 104 Å². The quantitative estimate of drug-likeness (QED) is 0.791. The molecule has 0 amide bonds. The fourth-order valence-electron chi connectivity index (χ4n) is 1.82. The first-order valence-corrected chi connectivity index (χ1v) is 6.15. The molecule has 0 fully saturated rings. The van der Waals surface area contributed by atoms with Crippen LogP contribution in [-0.2, 0) is 6.54 Å². The lowest BCUT2D eigenvalue weighted by atomic mass is 10.1. The molecule has 0 heterocycles. The number of ether oxygens (including phenoxy) is 2. The van der Waals surface area contributed by atoms with E-state index in [2.05, 4.69) is 25.2 Å². The van der Waals surface area contributed by atoms with Gasteiger partial charge in [0.1, 0.15) is 0 Å². The predicted molar refractivity (Wildman–Crippen MR) is 70.8 cm³/mol. The average Bonchev–Trinajstić information content (AvgIpc) is 2.36. The lowest BCUT2D eigenvalue weighted by molar-refractivity contribution is 0.354. The van der Waals surface area contributed by atoms with Gasteiger partial charge in [0.15, 0.2) is 11.5 Å². The van der Waals surface area contributed by atoms with Crippen LogP contribution in [0.25, 0.3) is 0 Å². The van der Waals surface area contributed by atoms with E-state index in [1.54, 1.807) is 14.2 Å². The van der Waals surface area contributed by atoms with Crippen molar-refractivity contribution >= 4 is 0 Å². The van der Waals surface area contributed by atoms with E-state index in [4.69, 9.17) is 9.47 Å². The first kappa shape index (κ1) is 13.8. The molecule has 0 spiro atoms. The van der Waals surface area contributed by atoms with Crippen LogP contribution in [-0.4, -0.2) is 20.3 Å². The summed E-state index contributed by atoms with van der Waals surface area (Å²) in [5.74, 6) is 1.56. The van der Waals surface area contributed by atoms with E-state index >= 15 is 0 Å². The number of hydrogen-bond acceptors (Lipinski definition) is 3. The number of methoxy groups -OCH3 is 2. The minimum atomic E-state index is 0.549. The summed E-state index contributed by atoms with van der Waals surface area (Å²) in [5, 5.41) is 3.49. The molecule has 0 saturated heterocycles. The summed E-state index contributed by atoms with van der Waals surface area (Å²) in [6.45, 7) is 5.28. The highest BCUT2D eigenvalue weighted by molar-refractivity contribution is 5.42. The van der Waals surface area contributed by atoms with E-state index in [1.165, 1.54) is 18.4 Å². The lowest BCUT2D eigenvalue weighted by Crippen LogP contribution is -2.25. The zero-order valence-corrected chi connectivity index (χ0v) is 11.2. The molecule has 3 nitrogen and oxygen atoms in total. The van der Waals surface area contributed by atoms with Crippen LogP contribution in [0.1, 0.15) is 32.3 Å². The second-order valence-electron chi connectivity index (χ2n) is 4.26. The van der Waals surface area contributed by atoms with E-state index in [0.29, 0.717) is 6.04 Å². The third-order valence-electron chi connectivity index (χ3n) is 2.82. The van der Waals surface area contributed by atoms with Crippen molar-refractivity contribution in [1.82, 2.24) is 5.32 Å². The molecule has 1 aromatic rings. The summed E-state index contributed by atoms with van der Waals surface area (Å²) in [7, 11) is 3.31. The Balaban J connectivity index is 2.60. The molecule has 96 valence electrons. The minimum Gasteiger partial charge on any atom is -0.493 e. The lowest BCUT2D eigenvalue weighted by Gasteiger charge is -2.14. The molecule has 1 atom stereocenters. The van der Waals surface area contributed by atoms with Crippen LogP contribution in [0, 0.1) is 0 Å². The van der Waals surface area contributed by atoms with Gasteiger partial charge in [-0.05, 0) is 31.0 Å². The monoisotopic (exact) mass is 237 g/mol. The number of rotatable bonds is 7. The van der Waals surface area contributed by atoms with Crippen molar-refractivity contribution in [3.63, 3.8) is 0 Å². The van der Waals surface area contributed by atoms with E-state index in [1.807, 2.05) is 12.1 Å². The molecular formula is C14H23NO2. The molecule has 17 heavy (non-hydrogen) atoms. The van der Waals surface area contributed by atoms with Crippen LogP contribution < -0.4 is 14.8 Å². The summed E-state index contributed by atoms with van der Waals surface area (Å²) in [5.41, 5.74) is 1.21. The Morgan fingerprint density at radius 3 is 2.47 bits per heavy atom. The molecule has 3 heteroatoms. The molecule has 0 saturated carbocycles. The Bertz CT molecular complexity index is 339. The summed E-state index contributed by atoms with van der Waals surface area (Å²) in [6, 6.07) is 6.57. The summed E-state index contributed by atoms with van der Waals surface area (Å²) in [6.07, 6.45) is 2.41. The van der Waals surface area contributed by atoms with E-state index < -0.39 is 0 Å². The van der Waals surface area contributed by atoms with Gasteiger partial charge in [-0.3, -0.25) is 0 Å². The minimum absolute atomic E-state index is 0.549. The smallest absolute Gasteiger partial charge is 0.161 e. The SMILES string of the molecule is CCCC(C)NCc1ccc(OC)c(OC)c1. The molecular weight excluding hydrogens is 214 g/mol.